The van der Waals surface area contributed by atoms with Gasteiger partial charge in [0.15, 0.2) is 11.5 Å². The molecule has 0 heterocycles. The Bertz CT molecular complexity index is 492. The predicted molar refractivity (Wildman–Crippen MR) is 83.8 cm³/mol. The zero-order valence-corrected chi connectivity index (χ0v) is 13.6. The van der Waals surface area contributed by atoms with Crippen LogP contribution < -0.4 is 15.4 Å². The summed E-state index contributed by atoms with van der Waals surface area (Å²) in [7, 11) is 3.08. The van der Waals surface area contributed by atoms with E-state index >= 15 is 0 Å². The monoisotopic (exact) mass is 314 g/mol. The van der Waals surface area contributed by atoms with E-state index in [4.69, 9.17) is 16.3 Å². The summed E-state index contributed by atoms with van der Waals surface area (Å²) >= 11 is 5.99. The average molecular weight is 315 g/mol. The van der Waals surface area contributed by atoms with Crippen LogP contribution in [0.1, 0.15) is 25.8 Å². The molecule has 0 aliphatic heterocycles. The number of phenols is 1. The largest absolute Gasteiger partial charge is 0.504 e. The molecule has 1 amide bonds. The lowest BCUT2D eigenvalue weighted by atomic mass is 10.0. The average Bonchev–Trinajstić information content (AvgIpc) is 2.44. The van der Waals surface area contributed by atoms with E-state index in [0.29, 0.717) is 35.2 Å². The molecule has 0 aromatic heterocycles. The summed E-state index contributed by atoms with van der Waals surface area (Å²) in [4.78, 5) is 11.9. The number of benzene rings is 1. The molecular formula is C15H23ClN2O3. The maximum absolute atomic E-state index is 11.9. The van der Waals surface area contributed by atoms with Crippen LogP contribution in [0.15, 0.2) is 12.1 Å². The van der Waals surface area contributed by atoms with E-state index in [1.165, 1.54) is 7.11 Å². The Morgan fingerprint density at radius 1 is 1.43 bits per heavy atom. The Hall–Kier alpha value is -1.46. The van der Waals surface area contributed by atoms with Crippen molar-refractivity contribution in [1.82, 2.24) is 10.6 Å². The van der Waals surface area contributed by atoms with Gasteiger partial charge in [0.1, 0.15) is 0 Å². The molecule has 21 heavy (non-hydrogen) atoms. The molecule has 0 radical (unpaired) electrons. The molecule has 0 saturated carbocycles. The molecule has 0 aliphatic rings. The summed E-state index contributed by atoms with van der Waals surface area (Å²) in [5.74, 6) is 0.661. The Labute approximate surface area is 130 Å². The Kier molecular flexibility index (Phi) is 6.78. The molecule has 1 rings (SSSR count). The standard InChI is InChI=1S/C15H23ClN2O3/c1-9(2)5-12(15(20)17-3)18-8-10-6-11(16)7-13(21-4)14(10)19/h6-7,9,12,18-19H,5,8H2,1-4H3,(H,17,20). The highest BCUT2D eigenvalue weighted by molar-refractivity contribution is 6.30. The number of phenolic OH excluding ortho intramolecular Hbond substituents is 1. The summed E-state index contributed by atoms with van der Waals surface area (Å²) in [5.41, 5.74) is 0.594. The van der Waals surface area contributed by atoms with E-state index in [0.717, 1.165) is 0 Å². The number of hydrogen-bond donors (Lipinski definition) is 3. The van der Waals surface area contributed by atoms with E-state index in [9.17, 15) is 9.90 Å². The third-order valence-electron chi connectivity index (χ3n) is 3.15. The van der Waals surface area contributed by atoms with Crippen LogP contribution >= 0.6 is 11.6 Å². The van der Waals surface area contributed by atoms with Crippen molar-refractivity contribution in [3.05, 3.63) is 22.7 Å². The molecular weight excluding hydrogens is 292 g/mol. The van der Waals surface area contributed by atoms with Crippen molar-refractivity contribution in [2.75, 3.05) is 14.2 Å². The third kappa shape index (κ3) is 5.10. The summed E-state index contributed by atoms with van der Waals surface area (Å²) in [6.07, 6.45) is 0.706. The highest BCUT2D eigenvalue weighted by Crippen LogP contribution is 2.33. The van der Waals surface area contributed by atoms with Gasteiger partial charge >= 0.3 is 0 Å². The van der Waals surface area contributed by atoms with Gasteiger partial charge in [-0.2, -0.15) is 0 Å². The number of carbonyl (C=O) groups excluding carboxylic acids is 1. The van der Waals surface area contributed by atoms with Crippen LogP contribution in [0.4, 0.5) is 0 Å². The van der Waals surface area contributed by atoms with Crippen molar-refractivity contribution in [2.24, 2.45) is 5.92 Å². The lowest BCUT2D eigenvalue weighted by Gasteiger charge is -2.20. The normalized spacial score (nSPS) is 12.3. The second-order valence-corrected chi connectivity index (χ2v) is 5.73. The number of rotatable bonds is 7. The van der Waals surface area contributed by atoms with Crippen LogP contribution in [0, 0.1) is 5.92 Å². The SMILES string of the molecule is CNC(=O)C(CC(C)C)NCc1cc(Cl)cc(OC)c1O. The molecule has 1 aromatic rings. The van der Waals surface area contributed by atoms with Crippen molar-refractivity contribution in [2.45, 2.75) is 32.9 Å². The summed E-state index contributed by atoms with van der Waals surface area (Å²) in [5, 5.41) is 16.3. The maximum atomic E-state index is 11.9. The van der Waals surface area contributed by atoms with Crippen LogP contribution in [-0.4, -0.2) is 31.2 Å². The Balaban J connectivity index is 2.84. The van der Waals surface area contributed by atoms with Gasteiger partial charge in [-0.1, -0.05) is 25.4 Å². The van der Waals surface area contributed by atoms with Gasteiger partial charge in [0, 0.05) is 30.2 Å². The third-order valence-corrected chi connectivity index (χ3v) is 3.37. The molecule has 0 saturated heterocycles. The zero-order chi connectivity index (χ0) is 16.0. The molecule has 0 fully saturated rings. The zero-order valence-electron chi connectivity index (χ0n) is 12.9. The van der Waals surface area contributed by atoms with Crippen molar-refractivity contribution >= 4 is 17.5 Å². The number of halogens is 1. The van der Waals surface area contributed by atoms with Gasteiger partial charge in [-0.15, -0.1) is 0 Å². The number of ether oxygens (including phenoxy) is 1. The van der Waals surface area contributed by atoms with Crippen LogP contribution in [0.3, 0.4) is 0 Å². The Morgan fingerprint density at radius 2 is 2.10 bits per heavy atom. The predicted octanol–water partition coefficient (Wildman–Crippen LogP) is 2.30. The van der Waals surface area contributed by atoms with Crippen molar-refractivity contribution < 1.29 is 14.6 Å². The van der Waals surface area contributed by atoms with Crippen molar-refractivity contribution in [3.8, 4) is 11.5 Å². The quantitative estimate of drug-likeness (QED) is 0.722. The number of likely N-dealkylation sites (N-methyl/N-ethyl adjacent to an activating group) is 1. The fourth-order valence-electron chi connectivity index (χ4n) is 2.08. The second kappa shape index (κ2) is 8.10. The van der Waals surface area contributed by atoms with Crippen LogP contribution in [0.25, 0.3) is 0 Å². The molecule has 1 aromatic carbocycles. The molecule has 3 N–H and O–H groups in total. The summed E-state index contributed by atoms with van der Waals surface area (Å²) < 4.78 is 5.06. The molecule has 0 aliphatic carbocycles. The van der Waals surface area contributed by atoms with E-state index in [1.54, 1.807) is 19.2 Å². The number of aromatic hydroxyl groups is 1. The molecule has 5 nitrogen and oxygen atoms in total. The highest BCUT2D eigenvalue weighted by atomic mass is 35.5. The van der Waals surface area contributed by atoms with Gasteiger partial charge in [0.2, 0.25) is 5.91 Å². The lowest BCUT2D eigenvalue weighted by Crippen LogP contribution is -2.43. The first kappa shape index (κ1) is 17.6. The van der Waals surface area contributed by atoms with Crippen molar-refractivity contribution in [3.63, 3.8) is 0 Å². The van der Waals surface area contributed by atoms with E-state index < -0.39 is 0 Å². The minimum absolute atomic E-state index is 0.0367. The van der Waals surface area contributed by atoms with Crippen LogP contribution in [-0.2, 0) is 11.3 Å². The summed E-state index contributed by atoms with van der Waals surface area (Å²) in [6, 6.07) is 2.88. The number of nitrogens with one attached hydrogen (secondary N) is 2. The fraction of sp³-hybridized carbons (Fsp3) is 0.533. The van der Waals surface area contributed by atoms with Gasteiger partial charge in [0.05, 0.1) is 13.2 Å². The minimum Gasteiger partial charge on any atom is -0.504 e. The smallest absolute Gasteiger partial charge is 0.236 e. The van der Waals surface area contributed by atoms with Gasteiger partial charge in [0.25, 0.3) is 0 Å². The Morgan fingerprint density at radius 3 is 2.62 bits per heavy atom. The van der Waals surface area contributed by atoms with Gasteiger partial charge in [-0.05, 0) is 18.4 Å². The second-order valence-electron chi connectivity index (χ2n) is 5.29. The number of hydrogen-bond acceptors (Lipinski definition) is 4. The molecule has 0 bridgehead atoms. The maximum Gasteiger partial charge on any atom is 0.236 e. The molecule has 6 heteroatoms. The van der Waals surface area contributed by atoms with Gasteiger partial charge in [-0.25, -0.2) is 0 Å². The van der Waals surface area contributed by atoms with Gasteiger partial charge < -0.3 is 20.5 Å². The number of carbonyl (C=O) groups is 1. The number of methoxy groups -OCH3 is 1. The first-order chi connectivity index (χ1) is 9.88. The molecule has 0 spiro atoms. The van der Waals surface area contributed by atoms with Crippen LogP contribution in [0.2, 0.25) is 5.02 Å². The minimum atomic E-state index is -0.320. The fourth-order valence-corrected chi connectivity index (χ4v) is 2.31. The highest BCUT2D eigenvalue weighted by Gasteiger charge is 2.19. The topological polar surface area (TPSA) is 70.6 Å². The molecule has 1 unspecified atom stereocenters. The van der Waals surface area contributed by atoms with E-state index in [-0.39, 0.29) is 17.7 Å². The summed E-state index contributed by atoms with van der Waals surface area (Å²) in [6.45, 7) is 4.43. The first-order valence-electron chi connectivity index (χ1n) is 6.89. The first-order valence-corrected chi connectivity index (χ1v) is 7.27. The molecule has 118 valence electrons. The van der Waals surface area contributed by atoms with E-state index in [1.807, 2.05) is 0 Å². The van der Waals surface area contributed by atoms with Crippen molar-refractivity contribution in [1.29, 1.82) is 0 Å². The van der Waals surface area contributed by atoms with E-state index in [2.05, 4.69) is 24.5 Å². The van der Waals surface area contributed by atoms with Crippen LogP contribution in [0.5, 0.6) is 11.5 Å². The lowest BCUT2D eigenvalue weighted by molar-refractivity contribution is -0.123. The molecule has 1 atom stereocenters. The van der Waals surface area contributed by atoms with Gasteiger partial charge in [-0.3, -0.25) is 4.79 Å². The number of amides is 1.